The minimum Gasteiger partial charge on any atom is -0.294 e. The van der Waals surface area contributed by atoms with Gasteiger partial charge in [-0.15, -0.1) is 10.2 Å². The first kappa shape index (κ1) is 20.5. The lowest BCUT2D eigenvalue weighted by Crippen LogP contribution is -2.44. The third-order valence-corrected chi connectivity index (χ3v) is 6.98. The highest BCUT2D eigenvalue weighted by Gasteiger charge is 2.28. The third-order valence-electron chi connectivity index (χ3n) is 4.91. The average Bonchev–Trinajstić information content (AvgIpc) is 3.08. The number of carbonyl (C=O) groups is 1. The van der Waals surface area contributed by atoms with Gasteiger partial charge in [-0.05, 0) is 57.9 Å². The molecule has 0 aliphatic carbocycles. The maximum atomic E-state index is 12.6. The fourth-order valence-corrected chi connectivity index (χ4v) is 5.09. The van der Waals surface area contributed by atoms with Gasteiger partial charge in [-0.25, -0.2) is 15.0 Å². The van der Waals surface area contributed by atoms with Gasteiger partial charge in [0.25, 0.3) is 5.95 Å². The van der Waals surface area contributed by atoms with Gasteiger partial charge in [-0.2, -0.15) is 4.99 Å². The van der Waals surface area contributed by atoms with Crippen molar-refractivity contribution in [2.45, 2.75) is 39.0 Å². The highest BCUT2D eigenvalue weighted by Crippen LogP contribution is 2.26. The summed E-state index contributed by atoms with van der Waals surface area (Å²) in [5, 5.41) is 12.8. The van der Waals surface area contributed by atoms with Gasteiger partial charge in [0.05, 0.1) is 17.1 Å². The molecule has 0 saturated heterocycles. The molecule has 3 heterocycles. The molecule has 1 aliphatic rings. The third kappa shape index (κ3) is 4.24. The Morgan fingerprint density at radius 3 is 2.57 bits per heavy atom. The first-order chi connectivity index (χ1) is 14.3. The van der Waals surface area contributed by atoms with Crippen LogP contribution in [0.4, 0.5) is 5.95 Å². The minimum absolute atomic E-state index is 0.140. The molecular formula is C20H21N7OS2. The van der Waals surface area contributed by atoms with Crippen LogP contribution in [0.15, 0.2) is 26.5 Å². The van der Waals surface area contributed by atoms with Crippen LogP contribution < -0.4 is 5.32 Å². The number of nitrogens with zero attached hydrogens (tertiary/aromatic N) is 6. The summed E-state index contributed by atoms with van der Waals surface area (Å²) in [5.74, 6) is 0.565. The molecule has 1 N–H and O–H groups in total. The number of fused-ring (bicyclic) bond motifs is 1. The van der Waals surface area contributed by atoms with E-state index in [0.717, 1.165) is 31.5 Å². The first-order valence-corrected chi connectivity index (χ1v) is 11.2. The highest BCUT2D eigenvalue weighted by molar-refractivity contribution is 8.01. The van der Waals surface area contributed by atoms with Crippen molar-refractivity contribution >= 4 is 57.5 Å². The number of nitrogens with one attached hydrogen (secondary N) is 1. The van der Waals surface area contributed by atoms with E-state index in [9.17, 15) is 4.79 Å². The predicted molar refractivity (Wildman–Crippen MR) is 121 cm³/mol. The molecule has 8 nitrogen and oxygen atoms in total. The van der Waals surface area contributed by atoms with Crippen LogP contribution in [0.5, 0.6) is 0 Å². The lowest BCUT2D eigenvalue weighted by molar-refractivity contribution is -0.121. The molecule has 0 spiro atoms. The number of hydrogen-bond acceptors (Lipinski definition) is 8. The fourth-order valence-electron chi connectivity index (χ4n) is 3.07. The monoisotopic (exact) mass is 439 g/mol. The van der Waals surface area contributed by atoms with E-state index >= 15 is 0 Å². The SMILES string of the molecule is CC1=N/C(=N/c2nc(C)c3cc(C)c(C)cc3n2)NC(=O)C1CSc1nnc(C)s1. The van der Waals surface area contributed by atoms with Crippen molar-refractivity contribution in [2.75, 3.05) is 5.75 Å². The Morgan fingerprint density at radius 2 is 1.87 bits per heavy atom. The van der Waals surface area contributed by atoms with Crippen LogP contribution in [-0.4, -0.2) is 43.5 Å². The van der Waals surface area contributed by atoms with Gasteiger partial charge < -0.3 is 0 Å². The van der Waals surface area contributed by atoms with Crippen LogP contribution in [-0.2, 0) is 4.79 Å². The Morgan fingerprint density at radius 1 is 1.10 bits per heavy atom. The molecule has 1 atom stereocenters. The molecule has 10 heteroatoms. The van der Waals surface area contributed by atoms with E-state index in [-0.39, 0.29) is 23.7 Å². The molecule has 30 heavy (non-hydrogen) atoms. The molecule has 0 bridgehead atoms. The van der Waals surface area contributed by atoms with Gasteiger partial charge in [0.15, 0.2) is 4.34 Å². The Kier molecular flexibility index (Phi) is 5.61. The molecule has 1 aliphatic heterocycles. The molecule has 4 rings (SSSR count). The summed E-state index contributed by atoms with van der Waals surface area (Å²) in [6, 6.07) is 4.11. The van der Waals surface area contributed by atoms with Crippen molar-refractivity contribution in [3.63, 3.8) is 0 Å². The predicted octanol–water partition coefficient (Wildman–Crippen LogP) is 3.70. The van der Waals surface area contributed by atoms with Gasteiger partial charge in [0, 0.05) is 16.9 Å². The van der Waals surface area contributed by atoms with Crippen LogP contribution >= 0.6 is 23.1 Å². The summed E-state index contributed by atoms with van der Waals surface area (Å²) in [6.07, 6.45) is 0. The number of hydrogen-bond donors (Lipinski definition) is 1. The molecule has 1 amide bonds. The quantitative estimate of drug-likeness (QED) is 0.622. The van der Waals surface area contributed by atoms with E-state index in [4.69, 9.17) is 0 Å². The number of guanidine groups is 1. The van der Waals surface area contributed by atoms with Crippen molar-refractivity contribution in [2.24, 2.45) is 15.9 Å². The van der Waals surface area contributed by atoms with E-state index in [1.54, 1.807) is 0 Å². The maximum Gasteiger partial charge on any atom is 0.253 e. The largest absolute Gasteiger partial charge is 0.294 e. The number of aromatic nitrogens is 4. The Labute approximate surface area is 182 Å². The van der Waals surface area contributed by atoms with Crippen molar-refractivity contribution < 1.29 is 4.79 Å². The van der Waals surface area contributed by atoms with E-state index in [2.05, 4.69) is 48.5 Å². The fraction of sp³-hybridized carbons (Fsp3) is 0.350. The lowest BCUT2D eigenvalue weighted by Gasteiger charge is -2.20. The van der Waals surface area contributed by atoms with Crippen LogP contribution in [0.25, 0.3) is 10.9 Å². The first-order valence-electron chi connectivity index (χ1n) is 9.43. The molecule has 2 aromatic heterocycles. The maximum absolute atomic E-state index is 12.6. The van der Waals surface area contributed by atoms with Crippen molar-refractivity contribution in [3.05, 3.63) is 34.0 Å². The number of amides is 1. The van der Waals surface area contributed by atoms with E-state index in [1.807, 2.05) is 33.8 Å². The Hall–Kier alpha value is -2.72. The molecule has 1 unspecified atom stereocenters. The molecule has 154 valence electrons. The average molecular weight is 440 g/mol. The van der Waals surface area contributed by atoms with Crippen molar-refractivity contribution in [3.8, 4) is 0 Å². The highest BCUT2D eigenvalue weighted by atomic mass is 32.2. The lowest BCUT2D eigenvalue weighted by atomic mass is 10.1. The molecular weight excluding hydrogens is 418 g/mol. The van der Waals surface area contributed by atoms with E-state index in [0.29, 0.717) is 11.5 Å². The summed E-state index contributed by atoms with van der Waals surface area (Å²) < 4.78 is 0.845. The second kappa shape index (κ2) is 8.19. The standard InChI is InChI=1S/C20H21N7OS2/c1-9-6-14-11(3)21-18(23-16(14)7-10(9)2)25-19-22-12(4)15(17(28)24-19)8-29-20-27-26-13(5)30-20/h6-7,15H,8H2,1-5H3,(H,21,23,24,25,28). The van der Waals surface area contributed by atoms with Crippen molar-refractivity contribution in [1.29, 1.82) is 0 Å². The van der Waals surface area contributed by atoms with Gasteiger partial charge in [0.1, 0.15) is 5.01 Å². The van der Waals surface area contributed by atoms with E-state index in [1.165, 1.54) is 28.7 Å². The molecule has 0 fully saturated rings. The number of carbonyl (C=O) groups excluding carboxylic acids is 1. The van der Waals surface area contributed by atoms with Crippen LogP contribution in [0, 0.1) is 33.6 Å². The zero-order chi connectivity index (χ0) is 21.4. The minimum atomic E-state index is -0.344. The van der Waals surface area contributed by atoms with Crippen LogP contribution in [0.2, 0.25) is 0 Å². The molecule has 1 aromatic carbocycles. The zero-order valence-electron chi connectivity index (χ0n) is 17.3. The van der Waals surface area contributed by atoms with Gasteiger partial charge in [-0.3, -0.25) is 10.1 Å². The van der Waals surface area contributed by atoms with Crippen LogP contribution in [0.1, 0.15) is 28.8 Å². The summed E-state index contributed by atoms with van der Waals surface area (Å²) in [6.45, 7) is 9.79. The van der Waals surface area contributed by atoms with Crippen molar-refractivity contribution in [1.82, 2.24) is 25.5 Å². The smallest absolute Gasteiger partial charge is 0.253 e. The Bertz CT molecular complexity index is 1220. The topological polar surface area (TPSA) is 105 Å². The van der Waals surface area contributed by atoms with Gasteiger partial charge in [-0.1, -0.05) is 23.1 Å². The number of aliphatic imine (C=N–C) groups is 2. The van der Waals surface area contributed by atoms with Gasteiger partial charge >= 0.3 is 0 Å². The second-order valence-corrected chi connectivity index (χ2v) is 9.64. The second-order valence-electron chi connectivity index (χ2n) is 7.19. The number of benzene rings is 1. The molecule has 0 saturated carbocycles. The molecule has 3 aromatic rings. The summed E-state index contributed by atoms with van der Waals surface area (Å²) in [5.41, 5.74) is 4.72. The summed E-state index contributed by atoms with van der Waals surface area (Å²) >= 11 is 3.02. The normalized spacial score (nSPS) is 18.0. The summed E-state index contributed by atoms with van der Waals surface area (Å²) in [7, 11) is 0. The Balaban J connectivity index is 1.58. The number of rotatable bonds is 4. The number of thioether (sulfide) groups is 1. The number of aryl methyl sites for hydroxylation is 4. The zero-order valence-corrected chi connectivity index (χ0v) is 19.0. The summed E-state index contributed by atoms with van der Waals surface area (Å²) in [4.78, 5) is 30.5. The molecule has 0 radical (unpaired) electrons. The van der Waals surface area contributed by atoms with E-state index < -0.39 is 0 Å². The van der Waals surface area contributed by atoms with Gasteiger partial charge in [0.2, 0.25) is 11.9 Å². The van der Waals surface area contributed by atoms with Crippen LogP contribution in [0.3, 0.4) is 0 Å².